The Balaban J connectivity index is 0.000000399. The van der Waals surface area contributed by atoms with E-state index < -0.39 is 5.41 Å². The average molecular weight is 1510 g/mol. The van der Waals surface area contributed by atoms with Crippen LogP contribution in [0.15, 0.2) is 215 Å². The van der Waals surface area contributed by atoms with E-state index in [1.54, 1.807) is 36.7 Å². The van der Waals surface area contributed by atoms with Crippen LogP contribution in [0, 0.1) is 23.8 Å². The fourth-order valence-electron chi connectivity index (χ4n) is 10.2. The number of aromatic hydroxyl groups is 2. The molecule has 6 nitrogen and oxygen atoms in total. The molecule has 8 aromatic rings. The Bertz CT molecular complexity index is 3510. The molecule has 1 aliphatic carbocycles. The first-order valence-electron chi connectivity index (χ1n) is 29.9. The molecule has 0 saturated heterocycles. The Morgan fingerprint density at radius 2 is 0.943 bits per heavy atom. The molecule has 1 aliphatic rings. The monoisotopic (exact) mass is 1510 g/mol. The molecule has 0 aliphatic heterocycles. The second-order valence-electron chi connectivity index (χ2n) is 21.0. The zero-order chi connectivity index (χ0) is 59.9. The third-order valence-electron chi connectivity index (χ3n) is 14.8. The van der Waals surface area contributed by atoms with Crippen LogP contribution in [0.4, 0.5) is 8.78 Å². The van der Waals surface area contributed by atoms with Crippen LogP contribution in [0.2, 0.25) is 0 Å². The molecule has 0 atom stereocenters. The smallest absolute Gasteiger partial charge is 0.124 e. The van der Waals surface area contributed by atoms with Gasteiger partial charge in [0.25, 0.3) is 0 Å². The van der Waals surface area contributed by atoms with Crippen molar-refractivity contribution >= 4 is 12.4 Å². The summed E-state index contributed by atoms with van der Waals surface area (Å²) in [5.74, 6) is -0.0960. The summed E-state index contributed by atoms with van der Waals surface area (Å²) < 4.78 is 25.1. The third-order valence-corrected chi connectivity index (χ3v) is 14.8. The van der Waals surface area contributed by atoms with Gasteiger partial charge in [0, 0.05) is 106 Å². The molecule has 450 valence electrons. The topological polar surface area (TPSA) is 91.0 Å². The van der Waals surface area contributed by atoms with Crippen LogP contribution in [-0.2, 0) is 45.6 Å². The number of nitrogens with zero attached hydrogens (tertiary/aromatic N) is 4. The van der Waals surface area contributed by atoms with Gasteiger partial charge in [0.2, 0.25) is 0 Å². The van der Waals surface area contributed by atoms with Crippen LogP contribution in [-0.4, -0.2) is 45.7 Å². The number of phenols is 2. The molecule has 0 amide bonds. The number of halogens is 2. The molecule has 6 aromatic carbocycles. The molecule has 87 heavy (non-hydrogen) atoms. The molecule has 2 heterocycles. The van der Waals surface area contributed by atoms with Crippen molar-refractivity contribution in [2.24, 2.45) is 9.98 Å². The van der Waals surface area contributed by atoms with Crippen LogP contribution in [0.1, 0.15) is 139 Å². The van der Waals surface area contributed by atoms with Gasteiger partial charge in [0.1, 0.15) is 11.5 Å². The molecule has 0 bridgehead atoms. The number of allylic oxidation sites excluding steroid dienone is 1. The summed E-state index contributed by atoms with van der Waals surface area (Å²) in [6, 6.07) is 50.7. The summed E-state index contributed by atoms with van der Waals surface area (Å²) in [5, 5.41) is 21.6. The predicted molar refractivity (Wildman–Crippen MR) is 346 cm³/mol. The Hall–Kier alpha value is -7.86. The van der Waals surface area contributed by atoms with Crippen molar-refractivity contribution in [3.8, 4) is 67.4 Å². The molecule has 0 saturated carbocycles. The summed E-state index contributed by atoms with van der Waals surface area (Å²) >= 11 is 0. The molecule has 10 heteroatoms. The van der Waals surface area contributed by atoms with Crippen molar-refractivity contribution in [2.75, 3.05) is 13.1 Å². The summed E-state index contributed by atoms with van der Waals surface area (Å²) in [4.78, 5) is 17.6. The first-order chi connectivity index (χ1) is 41.7. The second kappa shape index (κ2) is 38.3. The van der Waals surface area contributed by atoms with Gasteiger partial charge in [0.15, 0.2) is 0 Å². The molecular formula is C77H76F2Ir2N4O2-2. The van der Waals surface area contributed by atoms with Crippen molar-refractivity contribution < 1.29 is 59.2 Å². The first kappa shape index (κ1) is 69.9. The number of pyridine rings is 2. The van der Waals surface area contributed by atoms with Crippen molar-refractivity contribution in [3.63, 3.8) is 0 Å². The van der Waals surface area contributed by atoms with Gasteiger partial charge in [-0.15, -0.1) is 59.7 Å². The molecule has 2 aromatic heterocycles. The molecular weight excluding hydrogens is 1440 g/mol. The number of hydrogen-bond donors (Lipinski definition) is 2. The van der Waals surface area contributed by atoms with Crippen LogP contribution < -0.4 is 0 Å². The largest absolute Gasteiger partial charge is 0.507 e. The molecule has 0 unspecified atom stereocenters. The summed E-state index contributed by atoms with van der Waals surface area (Å²) in [5.41, 5.74) is 30.6. The number of phenolic OH excluding ortho intramolecular Hbond substituents is 2. The number of rotatable bonds is 24. The Kier molecular flexibility index (Phi) is 30.8. The van der Waals surface area contributed by atoms with Gasteiger partial charge >= 0.3 is 0 Å². The predicted octanol–water partition coefficient (Wildman–Crippen LogP) is 19.9. The van der Waals surface area contributed by atoms with Gasteiger partial charge < -0.3 is 20.2 Å². The standard InChI is InChI=1S/C55H62N2O2.2C11H7FN.2Ir/c1-5-9-13-17-19-21-33-55(34-22-20-18-14-10-6-2)51-39-45(43-27-31-53(58)47(37-43)41-56-35-23-15-11-7-3)25-29-49(51)50-30-26-46(40-52(50)55)44-28-32-54(59)48(38-44)42-57-36-24-16-12-8-4;2*12-10-6-4-9(5-7-10)11-3-1-2-8-13-11;;/h25-33,37-42,58-59H,1,6-8,10-12,14-16,18,20,22-24,34-36H2,2-4H3;2*1-4,6-8H;;/q;2*-1;;. The van der Waals surface area contributed by atoms with E-state index in [9.17, 15) is 19.0 Å². The van der Waals surface area contributed by atoms with Gasteiger partial charge in [0.05, 0.1) is 0 Å². The van der Waals surface area contributed by atoms with Crippen molar-refractivity contribution in [1.82, 2.24) is 9.97 Å². The van der Waals surface area contributed by atoms with E-state index in [0.717, 1.165) is 101 Å². The van der Waals surface area contributed by atoms with Crippen molar-refractivity contribution in [2.45, 2.75) is 122 Å². The van der Waals surface area contributed by atoms with Gasteiger partial charge in [-0.3, -0.25) is 18.8 Å². The summed E-state index contributed by atoms with van der Waals surface area (Å²) in [6.45, 7) is 11.8. The van der Waals surface area contributed by atoms with Crippen LogP contribution >= 0.6 is 0 Å². The number of unbranched alkanes of at least 4 members (excludes halogenated alkanes) is 11. The number of aromatic nitrogens is 2. The number of fused-ring (bicyclic) bond motifs is 3. The van der Waals surface area contributed by atoms with Crippen molar-refractivity contribution in [1.29, 1.82) is 0 Å². The summed E-state index contributed by atoms with van der Waals surface area (Å²) in [7, 11) is 0. The van der Waals surface area contributed by atoms with Gasteiger partial charge in [-0.1, -0.05) is 170 Å². The minimum absolute atomic E-state index is 0. The third kappa shape index (κ3) is 21.2. The fraction of sp³-hybridized carbons (Fsp3) is 0.273. The van der Waals surface area contributed by atoms with Crippen LogP contribution in [0.25, 0.3) is 55.9 Å². The van der Waals surface area contributed by atoms with E-state index in [4.69, 9.17) is 0 Å². The fourth-order valence-corrected chi connectivity index (χ4v) is 10.2. The van der Waals surface area contributed by atoms with Gasteiger partial charge in [-0.2, -0.15) is 0 Å². The molecule has 9 rings (SSSR count). The van der Waals surface area contributed by atoms with E-state index in [1.807, 2.05) is 73.1 Å². The first-order valence-corrected chi connectivity index (χ1v) is 29.9. The maximum atomic E-state index is 12.6. The second-order valence-corrected chi connectivity index (χ2v) is 21.0. The molecule has 2 radical (unpaired) electrons. The van der Waals surface area contributed by atoms with Crippen LogP contribution in [0.3, 0.4) is 0 Å². The number of aliphatic imine (C=N–C) groups is 2. The minimum Gasteiger partial charge on any atom is -0.507 e. The van der Waals surface area contributed by atoms with Gasteiger partial charge in [-0.05, 0) is 159 Å². The zero-order valence-corrected chi connectivity index (χ0v) is 54.9. The normalized spacial score (nSPS) is 12.4. The van der Waals surface area contributed by atoms with E-state index in [1.165, 1.54) is 111 Å². The molecule has 0 spiro atoms. The summed E-state index contributed by atoms with van der Waals surface area (Å²) in [6.07, 6.45) is 26.5. The zero-order valence-electron chi connectivity index (χ0n) is 50.1. The Morgan fingerprint density at radius 3 is 1.38 bits per heavy atom. The number of hydrogen-bond acceptors (Lipinski definition) is 6. The van der Waals surface area contributed by atoms with Crippen LogP contribution in [0.5, 0.6) is 11.5 Å². The van der Waals surface area contributed by atoms with Gasteiger partial charge in [-0.25, -0.2) is 0 Å². The molecule has 2 N–H and O–H groups in total. The van der Waals surface area contributed by atoms with E-state index in [-0.39, 0.29) is 63.3 Å². The average Bonchev–Trinajstić information content (AvgIpc) is 1.60. The van der Waals surface area contributed by atoms with E-state index in [0.29, 0.717) is 0 Å². The molecule has 0 fully saturated rings. The quantitative estimate of drug-likeness (QED) is 0.0273. The van der Waals surface area contributed by atoms with E-state index >= 15 is 0 Å². The van der Waals surface area contributed by atoms with Crippen molar-refractivity contribution in [3.05, 3.63) is 251 Å². The Morgan fingerprint density at radius 1 is 0.506 bits per heavy atom. The number of benzene rings is 6. The maximum Gasteiger partial charge on any atom is 0.124 e. The minimum atomic E-state index is -0.506. The van der Waals surface area contributed by atoms with E-state index in [2.05, 4.69) is 136 Å². The Labute approximate surface area is 541 Å². The maximum absolute atomic E-state index is 12.6. The SMILES string of the molecule is C=C=C=C=C=C=C=CC1(CCCCCCCC)c2cc(-c3ccc(O)c(C=NCCCCCC)c3)ccc2-c2ccc(-c3ccc(O)c(C=NCCCCCC)c3)cc21.Fc1c[c-]c(-c2ccccn2)cc1.Fc1c[c-]c(-c2ccccn2)cc1.[Ir].[Ir].